The fraction of sp³-hybridized carbons (Fsp3) is 0.0667. The lowest BCUT2D eigenvalue weighted by Gasteiger charge is -2.10. The molecule has 0 aliphatic rings. The van der Waals surface area contributed by atoms with Gasteiger partial charge < -0.3 is 16.0 Å². The molecule has 5 nitrogen and oxygen atoms in total. The van der Waals surface area contributed by atoms with Crippen molar-refractivity contribution in [1.82, 2.24) is 0 Å². The molecule has 0 fully saturated rings. The highest BCUT2D eigenvalue weighted by molar-refractivity contribution is 6.36. The molecule has 0 aromatic heterocycles. The Morgan fingerprint density at radius 2 is 1.45 bits per heavy atom. The molecule has 0 atom stereocenters. The summed E-state index contributed by atoms with van der Waals surface area (Å²) >= 11 is 11.8. The summed E-state index contributed by atoms with van der Waals surface area (Å²) in [6, 6.07) is 11.1. The van der Waals surface area contributed by atoms with Crippen molar-refractivity contribution in [3.63, 3.8) is 0 Å². The van der Waals surface area contributed by atoms with Crippen LogP contribution >= 0.6 is 23.2 Å². The fourth-order valence-corrected chi connectivity index (χ4v) is 2.17. The van der Waals surface area contributed by atoms with Crippen molar-refractivity contribution >= 4 is 52.2 Å². The second-order valence-electron chi connectivity index (χ2n) is 4.46. The van der Waals surface area contributed by atoms with Crippen LogP contribution in [-0.4, -0.2) is 11.9 Å². The van der Waals surface area contributed by atoms with Crippen molar-refractivity contribution in [2.45, 2.75) is 6.92 Å². The van der Waals surface area contributed by atoms with E-state index in [9.17, 15) is 9.59 Å². The topological polar surface area (TPSA) is 70.2 Å². The summed E-state index contributed by atoms with van der Waals surface area (Å²) in [5.74, 6) is -0.157. The number of urea groups is 1. The Bertz CT molecular complexity index is 702. The first-order chi connectivity index (χ1) is 10.4. The van der Waals surface area contributed by atoms with E-state index in [2.05, 4.69) is 16.0 Å². The fourth-order valence-electron chi connectivity index (χ4n) is 1.72. The van der Waals surface area contributed by atoms with Gasteiger partial charge in [-0.2, -0.15) is 0 Å². The Balaban J connectivity index is 1.98. The first-order valence-electron chi connectivity index (χ1n) is 6.35. The smallest absolute Gasteiger partial charge is 0.323 e. The summed E-state index contributed by atoms with van der Waals surface area (Å²) in [5, 5.41) is 8.76. The highest BCUT2D eigenvalue weighted by atomic mass is 35.5. The van der Waals surface area contributed by atoms with Gasteiger partial charge in [-0.25, -0.2) is 4.79 Å². The van der Waals surface area contributed by atoms with Gasteiger partial charge >= 0.3 is 6.03 Å². The number of benzene rings is 2. The zero-order valence-corrected chi connectivity index (χ0v) is 13.1. The van der Waals surface area contributed by atoms with E-state index in [-0.39, 0.29) is 5.91 Å². The maximum atomic E-state index is 11.9. The number of rotatable bonds is 3. The number of carbonyl (C=O) groups is 2. The molecular weight excluding hydrogens is 325 g/mol. The maximum Gasteiger partial charge on any atom is 0.323 e. The molecule has 0 aliphatic heterocycles. The van der Waals surface area contributed by atoms with Crippen LogP contribution in [0.5, 0.6) is 0 Å². The Kier molecular flexibility index (Phi) is 5.25. The molecule has 0 unspecified atom stereocenters. The van der Waals surface area contributed by atoms with Crippen LogP contribution in [0.3, 0.4) is 0 Å². The Morgan fingerprint density at radius 3 is 2.00 bits per heavy atom. The average molecular weight is 338 g/mol. The molecule has 3 amide bonds. The van der Waals surface area contributed by atoms with Crippen molar-refractivity contribution in [3.05, 3.63) is 52.5 Å². The molecule has 0 spiro atoms. The first kappa shape index (κ1) is 16.1. The lowest BCUT2D eigenvalue weighted by atomic mass is 10.3. The second-order valence-corrected chi connectivity index (χ2v) is 5.31. The van der Waals surface area contributed by atoms with Gasteiger partial charge in [0.25, 0.3) is 0 Å². The normalized spacial score (nSPS) is 9.95. The van der Waals surface area contributed by atoms with E-state index in [1.807, 2.05) is 0 Å². The molecule has 3 N–H and O–H groups in total. The number of halogens is 2. The van der Waals surface area contributed by atoms with Gasteiger partial charge in [0.2, 0.25) is 5.91 Å². The molecule has 0 heterocycles. The summed E-state index contributed by atoms with van der Waals surface area (Å²) in [6.07, 6.45) is 0. The molecule has 0 radical (unpaired) electrons. The summed E-state index contributed by atoms with van der Waals surface area (Å²) in [4.78, 5) is 22.8. The predicted octanol–water partition coefficient (Wildman–Crippen LogP) is 4.60. The number of amides is 3. The third-order valence-corrected chi connectivity index (χ3v) is 3.19. The molecule has 114 valence electrons. The van der Waals surface area contributed by atoms with Crippen molar-refractivity contribution in [2.24, 2.45) is 0 Å². The Labute approximate surface area is 137 Å². The largest absolute Gasteiger partial charge is 0.326 e. The highest BCUT2D eigenvalue weighted by Crippen LogP contribution is 2.25. The molecule has 2 rings (SSSR count). The van der Waals surface area contributed by atoms with Crippen LogP contribution in [0.2, 0.25) is 10.0 Å². The third kappa shape index (κ3) is 4.65. The highest BCUT2D eigenvalue weighted by Gasteiger charge is 2.06. The van der Waals surface area contributed by atoms with Gasteiger partial charge in [0.15, 0.2) is 0 Å². The van der Waals surface area contributed by atoms with E-state index in [0.717, 1.165) is 0 Å². The van der Waals surface area contributed by atoms with E-state index in [0.29, 0.717) is 27.1 Å². The lowest BCUT2D eigenvalue weighted by molar-refractivity contribution is -0.114. The van der Waals surface area contributed by atoms with Gasteiger partial charge in [-0.05, 0) is 42.5 Å². The summed E-state index contributed by atoms with van der Waals surface area (Å²) in [5.41, 5.74) is 1.69. The van der Waals surface area contributed by atoms with E-state index >= 15 is 0 Å². The monoisotopic (exact) mass is 337 g/mol. The van der Waals surface area contributed by atoms with E-state index < -0.39 is 6.03 Å². The number of hydrogen-bond donors (Lipinski definition) is 3. The Morgan fingerprint density at radius 1 is 0.864 bits per heavy atom. The van der Waals surface area contributed by atoms with E-state index in [4.69, 9.17) is 23.2 Å². The minimum Gasteiger partial charge on any atom is -0.326 e. The van der Waals surface area contributed by atoms with Gasteiger partial charge in [-0.15, -0.1) is 0 Å². The van der Waals surface area contributed by atoms with Crippen molar-refractivity contribution in [2.75, 3.05) is 16.0 Å². The van der Waals surface area contributed by atoms with Crippen LogP contribution in [0.25, 0.3) is 0 Å². The summed E-state index contributed by atoms with van der Waals surface area (Å²) < 4.78 is 0. The molecule has 0 aliphatic carbocycles. The minimum absolute atomic E-state index is 0.157. The van der Waals surface area contributed by atoms with Gasteiger partial charge in [-0.1, -0.05) is 23.2 Å². The molecule has 2 aromatic carbocycles. The van der Waals surface area contributed by atoms with Crippen LogP contribution in [0.1, 0.15) is 6.92 Å². The molecule has 7 heteroatoms. The van der Waals surface area contributed by atoms with Crippen LogP contribution < -0.4 is 16.0 Å². The van der Waals surface area contributed by atoms with Crippen LogP contribution in [-0.2, 0) is 4.79 Å². The second kappa shape index (κ2) is 7.15. The Hall–Kier alpha value is -2.24. The molecular formula is C15H13Cl2N3O2. The predicted molar refractivity (Wildman–Crippen MR) is 89.8 cm³/mol. The molecule has 0 saturated carbocycles. The number of nitrogens with one attached hydrogen (secondary N) is 3. The molecule has 0 saturated heterocycles. The van der Waals surface area contributed by atoms with E-state index in [1.54, 1.807) is 42.5 Å². The van der Waals surface area contributed by atoms with Crippen LogP contribution in [0.15, 0.2) is 42.5 Å². The zero-order valence-electron chi connectivity index (χ0n) is 11.6. The summed E-state index contributed by atoms with van der Waals surface area (Å²) in [7, 11) is 0. The maximum absolute atomic E-state index is 11.9. The van der Waals surface area contributed by atoms with E-state index in [1.165, 1.54) is 6.92 Å². The van der Waals surface area contributed by atoms with Crippen LogP contribution in [0.4, 0.5) is 21.9 Å². The van der Waals surface area contributed by atoms with Gasteiger partial charge in [0.1, 0.15) is 0 Å². The zero-order chi connectivity index (χ0) is 16.1. The van der Waals surface area contributed by atoms with Gasteiger partial charge in [0, 0.05) is 23.3 Å². The third-order valence-electron chi connectivity index (χ3n) is 2.64. The summed E-state index contributed by atoms with van der Waals surface area (Å²) in [6.45, 7) is 1.43. The van der Waals surface area contributed by atoms with Crippen molar-refractivity contribution in [1.29, 1.82) is 0 Å². The van der Waals surface area contributed by atoms with Crippen molar-refractivity contribution < 1.29 is 9.59 Å². The number of hydrogen-bond acceptors (Lipinski definition) is 2. The standard InChI is InChI=1S/C15H13Cl2N3O2/c1-9(21)18-11-3-5-12(6-4-11)19-15(22)20-14-7-2-10(16)8-13(14)17/h2-8H,1H3,(H,18,21)(H2,19,20,22). The SMILES string of the molecule is CC(=O)Nc1ccc(NC(=O)Nc2ccc(Cl)cc2Cl)cc1. The average Bonchev–Trinajstić information content (AvgIpc) is 2.43. The molecule has 22 heavy (non-hydrogen) atoms. The number of anilines is 3. The molecule has 2 aromatic rings. The minimum atomic E-state index is -0.434. The van der Waals surface area contributed by atoms with Gasteiger partial charge in [0.05, 0.1) is 10.7 Å². The lowest BCUT2D eigenvalue weighted by Crippen LogP contribution is -2.19. The van der Waals surface area contributed by atoms with Crippen LogP contribution in [0, 0.1) is 0 Å². The molecule has 0 bridgehead atoms. The van der Waals surface area contributed by atoms with Crippen molar-refractivity contribution in [3.8, 4) is 0 Å². The quantitative estimate of drug-likeness (QED) is 0.766. The number of carbonyl (C=O) groups excluding carboxylic acids is 2. The van der Waals surface area contributed by atoms with Gasteiger partial charge in [-0.3, -0.25) is 4.79 Å². The first-order valence-corrected chi connectivity index (χ1v) is 7.10.